The normalized spacial score (nSPS) is 10.8. The lowest BCUT2D eigenvalue weighted by molar-refractivity contribution is 0.970. The average molecular weight is 1200 g/mol. The van der Waals surface area contributed by atoms with Crippen LogP contribution < -0.4 is 16.0 Å². The van der Waals surface area contributed by atoms with Crippen molar-refractivity contribution >= 4 is 164 Å². The molecular formula is C69H52Cl4N6S3. The third kappa shape index (κ3) is 13.1. The lowest BCUT2D eigenvalue weighted by Crippen LogP contribution is -2.03. The molecule has 13 heteroatoms. The smallest absolute Gasteiger partial charge is 0.0737 e. The fourth-order valence-corrected chi connectivity index (χ4v) is 12.0. The Morgan fingerprint density at radius 3 is 1.29 bits per heavy atom. The van der Waals surface area contributed by atoms with E-state index in [1.165, 1.54) is 5.39 Å². The summed E-state index contributed by atoms with van der Waals surface area (Å²) >= 11 is 42.9. The molecule has 82 heavy (non-hydrogen) atoms. The highest BCUT2D eigenvalue weighted by Gasteiger charge is 2.16. The van der Waals surface area contributed by atoms with Gasteiger partial charge >= 0.3 is 0 Å². The second kappa shape index (κ2) is 26.0. The monoisotopic (exact) mass is 1200 g/mol. The van der Waals surface area contributed by atoms with Crippen molar-refractivity contribution in [2.24, 2.45) is 7.05 Å². The first-order valence-corrected chi connectivity index (χ1v) is 28.9. The lowest BCUT2D eigenvalue weighted by atomic mass is 10.00. The minimum Gasteiger partial charge on any atom is -0.355 e. The van der Waals surface area contributed by atoms with Gasteiger partial charge < -0.3 is 20.5 Å². The van der Waals surface area contributed by atoms with Crippen LogP contribution in [-0.4, -0.2) is 29.1 Å². The summed E-state index contributed by atoms with van der Waals surface area (Å²) in [5, 5.41) is 16.1. The van der Waals surface area contributed by atoms with Crippen molar-refractivity contribution in [3.05, 3.63) is 295 Å². The molecule has 3 N–H and O–H groups in total. The van der Waals surface area contributed by atoms with E-state index in [1.54, 1.807) is 12.4 Å². The van der Waals surface area contributed by atoms with E-state index in [-0.39, 0.29) is 0 Å². The Kier molecular flexibility index (Phi) is 18.2. The Morgan fingerprint density at radius 1 is 0.390 bits per heavy atom. The number of fused-ring (bicyclic) bond motifs is 3. The molecule has 0 bridgehead atoms. The topological polar surface area (TPSA) is 66.8 Å². The predicted octanol–water partition coefficient (Wildman–Crippen LogP) is 20.7. The third-order valence-electron chi connectivity index (χ3n) is 13.9. The van der Waals surface area contributed by atoms with Crippen LogP contribution in [0.5, 0.6) is 0 Å². The molecule has 6 nitrogen and oxygen atoms in total. The van der Waals surface area contributed by atoms with Crippen LogP contribution in [-0.2, 0) is 7.05 Å². The first kappa shape index (κ1) is 57.4. The summed E-state index contributed by atoms with van der Waals surface area (Å²) in [4.78, 5) is 11.1. The van der Waals surface area contributed by atoms with Gasteiger partial charge in [-0.25, -0.2) is 0 Å². The number of rotatable bonds is 12. The van der Waals surface area contributed by atoms with Gasteiger partial charge in [0.25, 0.3) is 0 Å². The quantitative estimate of drug-likeness (QED) is 0.0826. The molecule has 0 saturated carbocycles. The van der Waals surface area contributed by atoms with Crippen molar-refractivity contribution in [2.75, 3.05) is 16.0 Å². The molecule has 0 aliphatic heterocycles. The van der Waals surface area contributed by atoms with Crippen LogP contribution >= 0.6 is 83.1 Å². The van der Waals surface area contributed by atoms with Crippen molar-refractivity contribution in [1.82, 2.24) is 14.5 Å². The van der Waals surface area contributed by atoms with Gasteiger partial charge in [0.05, 0.1) is 51.9 Å². The first-order chi connectivity index (χ1) is 39.7. The van der Waals surface area contributed by atoms with E-state index in [0.29, 0.717) is 20.1 Å². The molecule has 0 aliphatic rings. The van der Waals surface area contributed by atoms with Crippen molar-refractivity contribution in [3.8, 4) is 0 Å². The van der Waals surface area contributed by atoms with Gasteiger partial charge in [-0.3, -0.25) is 9.97 Å². The van der Waals surface area contributed by atoms with Crippen LogP contribution in [0.1, 0.15) is 50.1 Å². The number of hydrogen-bond acceptors (Lipinski definition) is 8. The van der Waals surface area contributed by atoms with Gasteiger partial charge in [0, 0.05) is 91.9 Å². The number of benzene rings is 9. The van der Waals surface area contributed by atoms with E-state index in [2.05, 4.69) is 80.9 Å². The summed E-state index contributed by atoms with van der Waals surface area (Å²) in [7, 11) is 2.05. The van der Waals surface area contributed by atoms with Crippen molar-refractivity contribution in [3.63, 3.8) is 0 Å². The van der Waals surface area contributed by atoms with Gasteiger partial charge in [-0.2, -0.15) is 0 Å². The number of halogens is 4. The fraction of sp³-hybridized carbons (Fsp3) is 0.0580. The van der Waals surface area contributed by atoms with Crippen LogP contribution in [0.2, 0.25) is 20.1 Å². The Labute approximate surface area is 513 Å². The molecule has 12 aromatic rings. The molecule has 0 fully saturated rings. The van der Waals surface area contributed by atoms with E-state index in [9.17, 15) is 0 Å². The molecule has 404 valence electrons. The highest BCUT2D eigenvalue weighted by Crippen LogP contribution is 2.34. The predicted molar refractivity (Wildman–Crippen MR) is 362 cm³/mol. The van der Waals surface area contributed by atoms with Crippen LogP contribution in [0.25, 0.3) is 32.7 Å². The number of para-hydroxylation sites is 2. The molecular weight excluding hydrogens is 1150 g/mol. The summed E-state index contributed by atoms with van der Waals surface area (Å²) in [6.45, 7) is 6.16. The zero-order valence-corrected chi connectivity index (χ0v) is 50.4. The molecule has 0 amide bonds. The third-order valence-corrected chi connectivity index (χ3v) is 16.4. The number of hydrogen-bond donors (Lipinski definition) is 3. The second-order valence-electron chi connectivity index (χ2n) is 19.5. The standard InChI is InChI=1S/C23H16Cl2N2S.C23H19ClN2S.C23H17ClN2S/c1-14-4-2-3-5-17(14)23(28)18-9-7-16(13-20(18)25)27-21-10-11-26-22-12-15(24)6-8-19(21)22;1-15-6-3-4-8-18(15)23(27)19-11-10-17(14-20(19)24)25-21-9-5-7-16-12-13-26(2)22(16)21;1-15-6-2-3-7-17(15)23(27)18-11-10-16(14-20(18)24)26-22-12-13-25-21-9-5-4-8-19(21)22/h2-13H,1H3,(H,26,27);3-14,25H,1-2H3;2-14H,1H3,(H,25,26). The van der Waals surface area contributed by atoms with Crippen LogP contribution in [0.15, 0.2) is 225 Å². The number of aryl methyl sites for hydroxylation is 4. The van der Waals surface area contributed by atoms with E-state index in [1.807, 2.05) is 190 Å². The number of nitrogens with zero attached hydrogens (tertiary/aromatic N) is 3. The van der Waals surface area contributed by atoms with E-state index >= 15 is 0 Å². The number of pyridine rings is 2. The van der Waals surface area contributed by atoms with Gasteiger partial charge in [-0.1, -0.05) is 186 Å². The molecule has 0 spiro atoms. The zero-order valence-electron chi connectivity index (χ0n) is 44.9. The number of nitrogens with one attached hydrogen (secondary N) is 3. The average Bonchev–Trinajstić information content (AvgIpc) is 3.89. The molecule has 0 unspecified atom stereocenters. The number of anilines is 6. The zero-order chi connectivity index (χ0) is 57.4. The second-order valence-corrected chi connectivity index (χ2v) is 22.3. The molecule has 0 radical (unpaired) electrons. The van der Waals surface area contributed by atoms with Gasteiger partial charge in [-0.05, 0) is 157 Å². The van der Waals surface area contributed by atoms with E-state index in [0.717, 1.165) is 126 Å². The molecule has 0 saturated heterocycles. The van der Waals surface area contributed by atoms with Crippen LogP contribution in [0.4, 0.5) is 34.1 Å². The minimum atomic E-state index is 0.611. The van der Waals surface area contributed by atoms with Crippen LogP contribution in [0, 0.1) is 20.8 Å². The van der Waals surface area contributed by atoms with Gasteiger partial charge in [0.15, 0.2) is 0 Å². The Morgan fingerprint density at radius 2 is 0.817 bits per heavy atom. The Bertz CT molecular complexity index is 4400. The van der Waals surface area contributed by atoms with E-state index in [4.69, 9.17) is 83.1 Å². The summed E-state index contributed by atoms with van der Waals surface area (Å²) in [6, 6.07) is 67.8. The van der Waals surface area contributed by atoms with E-state index < -0.39 is 0 Å². The van der Waals surface area contributed by atoms with Crippen LogP contribution in [0.3, 0.4) is 0 Å². The van der Waals surface area contributed by atoms with Crippen molar-refractivity contribution in [2.45, 2.75) is 20.8 Å². The summed E-state index contributed by atoms with van der Waals surface area (Å²) in [5.41, 5.74) is 17.8. The summed E-state index contributed by atoms with van der Waals surface area (Å²) in [5.74, 6) is 0. The van der Waals surface area contributed by atoms with Crippen molar-refractivity contribution < 1.29 is 0 Å². The number of thiocarbonyl (C=S) groups is 3. The first-order valence-electron chi connectivity index (χ1n) is 26.1. The molecule has 3 heterocycles. The number of aromatic nitrogens is 3. The molecule has 12 rings (SSSR count). The molecule has 0 atom stereocenters. The maximum absolute atomic E-state index is 6.59. The van der Waals surface area contributed by atoms with Gasteiger partial charge in [0.2, 0.25) is 0 Å². The maximum atomic E-state index is 6.59. The molecule has 9 aromatic carbocycles. The SMILES string of the molecule is Cc1ccccc1C(=S)c1ccc(Nc2cccc3ccn(C)c23)cc1Cl.Cc1ccccc1C(=S)c1ccc(Nc2ccnc3cc(Cl)ccc23)cc1Cl.Cc1ccccc1C(=S)c1ccc(Nc2ccnc3ccccc23)cc1Cl. The summed E-state index contributed by atoms with van der Waals surface area (Å²) in [6.07, 6.45) is 5.62. The highest BCUT2D eigenvalue weighted by molar-refractivity contribution is 7.81. The maximum Gasteiger partial charge on any atom is 0.0737 e. The Hall–Kier alpha value is -7.83. The summed E-state index contributed by atoms with van der Waals surface area (Å²) < 4.78 is 2.11. The molecule has 0 aliphatic carbocycles. The highest BCUT2D eigenvalue weighted by atomic mass is 35.5. The minimum absolute atomic E-state index is 0.611. The van der Waals surface area contributed by atoms with Crippen molar-refractivity contribution in [1.29, 1.82) is 0 Å². The lowest BCUT2D eigenvalue weighted by Gasteiger charge is -2.13. The largest absolute Gasteiger partial charge is 0.355 e. The van der Waals surface area contributed by atoms with Gasteiger partial charge in [0.1, 0.15) is 0 Å². The Balaban J connectivity index is 0.000000138. The fourth-order valence-electron chi connectivity index (χ4n) is 9.61. The van der Waals surface area contributed by atoms with Gasteiger partial charge in [-0.15, -0.1) is 0 Å². The molecule has 3 aromatic heterocycles.